The van der Waals surface area contributed by atoms with Crippen molar-refractivity contribution in [2.45, 2.75) is 284 Å². The number of rotatable bonds is 43. The van der Waals surface area contributed by atoms with E-state index in [4.69, 9.17) is 4.74 Å². The Hall–Kier alpha value is -0.530. The van der Waals surface area contributed by atoms with Gasteiger partial charge in [-0.05, 0) is 12.8 Å². The normalized spacial score (nSPS) is 11.5. The molecule has 0 amide bonds. The van der Waals surface area contributed by atoms with Gasteiger partial charge in [0.1, 0.15) is 0 Å². The van der Waals surface area contributed by atoms with Gasteiger partial charge in [0.25, 0.3) is 0 Å². The molecule has 0 fully saturated rings. The molecule has 2 nitrogen and oxygen atoms in total. The van der Waals surface area contributed by atoms with Crippen molar-refractivity contribution in [1.82, 2.24) is 0 Å². The molecule has 0 atom stereocenters. The van der Waals surface area contributed by atoms with Crippen molar-refractivity contribution in [3.8, 4) is 0 Å². The van der Waals surface area contributed by atoms with Crippen molar-refractivity contribution < 1.29 is 9.53 Å². The molecule has 0 heterocycles. The summed E-state index contributed by atoms with van der Waals surface area (Å²) >= 11 is 0. The van der Waals surface area contributed by atoms with Gasteiger partial charge in [0.15, 0.2) is 0 Å². The molecule has 2 heteroatoms. The molecule has 0 rings (SSSR count). The predicted octanol–water partition coefficient (Wildman–Crippen LogP) is 17.0. The van der Waals surface area contributed by atoms with Crippen molar-refractivity contribution in [3.05, 3.63) is 0 Å². The van der Waals surface area contributed by atoms with Crippen LogP contribution < -0.4 is 0 Å². The van der Waals surface area contributed by atoms with Crippen LogP contribution in [0.25, 0.3) is 0 Å². The smallest absolute Gasteiger partial charge is 0.305 e. The number of carbonyl (C=O) groups excluding carboxylic acids is 1. The Balaban J connectivity index is 3.13. The standard InChI is InChI=1S/C46H92O2/c1-3-5-7-9-11-13-15-17-18-19-20-21-22-23-24-25-26-27-28-29-30-31-32-34-36-38-40-42-44-46(47)48-45-43-41-39-37-35-33-16-14-12-10-8-6-4-2/h3-45H2,1-2H3. The van der Waals surface area contributed by atoms with Crippen LogP contribution in [0.5, 0.6) is 0 Å². The molecule has 0 unspecified atom stereocenters. The van der Waals surface area contributed by atoms with E-state index in [2.05, 4.69) is 13.8 Å². The van der Waals surface area contributed by atoms with Crippen LogP contribution in [0, 0.1) is 0 Å². The van der Waals surface area contributed by atoms with E-state index in [1.54, 1.807) is 0 Å². The van der Waals surface area contributed by atoms with Crippen molar-refractivity contribution in [2.24, 2.45) is 0 Å². The van der Waals surface area contributed by atoms with E-state index in [0.717, 1.165) is 12.8 Å². The van der Waals surface area contributed by atoms with Crippen LogP contribution >= 0.6 is 0 Å². The molecule has 0 saturated carbocycles. The maximum atomic E-state index is 12.0. The molecule has 288 valence electrons. The van der Waals surface area contributed by atoms with Gasteiger partial charge in [-0.15, -0.1) is 0 Å². The summed E-state index contributed by atoms with van der Waals surface area (Å²) in [6, 6.07) is 0. The first-order valence-electron chi connectivity index (χ1n) is 23.0. The Morgan fingerprint density at radius 2 is 0.458 bits per heavy atom. The van der Waals surface area contributed by atoms with Crippen LogP contribution in [0.4, 0.5) is 0 Å². The van der Waals surface area contributed by atoms with Gasteiger partial charge < -0.3 is 4.74 Å². The minimum Gasteiger partial charge on any atom is -0.466 e. The fourth-order valence-corrected chi connectivity index (χ4v) is 7.32. The maximum Gasteiger partial charge on any atom is 0.305 e. The number of ether oxygens (including phenoxy) is 1. The SMILES string of the molecule is CCCCCCCCCCCCCCCCCCCCCCCCCCCCCCC(=O)OCCCCCCCCCCCCCCC. The Labute approximate surface area is 304 Å². The van der Waals surface area contributed by atoms with Gasteiger partial charge in [-0.2, -0.15) is 0 Å². The minimum absolute atomic E-state index is 0.0312. The van der Waals surface area contributed by atoms with E-state index in [0.29, 0.717) is 13.0 Å². The lowest BCUT2D eigenvalue weighted by molar-refractivity contribution is -0.143. The first-order valence-corrected chi connectivity index (χ1v) is 23.0. The largest absolute Gasteiger partial charge is 0.466 e. The quantitative estimate of drug-likeness (QED) is 0.0474. The summed E-state index contributed by atoms with van der Waals surface area (Å²) in [5.41, 5.74) is 0. The fourth-order valence-electron chi connectivity index (χ4n) is 7.32. The second kappa shape index (κ2) is 44.5. The van der Waals surface area contributed by atoms with Gasteiger partial charge in [-0.25, -0.2) is 0 Å². The Morgan fingerprint density at radius 1 is 0.271 bits per heavy atom. The zero-order chi connectivity index (χ0) is 34.7. The highest BCUT2D eigenvalue weighted by Gasteiger charge is 2.03. The Kier molecular flexibility index (Phi) is 44.0. The van der Waals surface area contributed by atoms with Crippen LogP contribution in [0.15, 0.2) is 0 Å². The summed E-state index contributed by atoms with van der Waals surface area (Å²) < 4.78 is 5.46. The second-order valence-corrected chi connectivity index (χ2v) is 15.8. The first kappa shape index (κ1) is 47.5. The van der Waals surface area contributed by atoms with E-state index in [1.165, 1.54) is 250 Å². The molecular weight excluding hydrogens is 585 g/mol. The zero-order valence-corrected chi connectivity index (χ0v) is 33.7. The molecule has 0 bridgehead atoms. The molecule has 0 aromatic rings. The van der Waals surface area contributed by atoms with E-state index >= 15 is 0 Å². The molecule has 0 aliphatic carbocycles. The number of hydrogen-bond acceptors (Lipinski definition) is 2. The van der Waals surface area contributed by atoms with Crippen LogP contribution in [-0.4, -0.2) is 12.6 Å². The number of hydrogen-bond donors (Lipinski definition) is 0. The molecule has 0 aromatic heterocycles. The summed E-state index contributed by atoms with van der Waals surface area (Å²) in [5, 5.41) is 0. The highest BCUT2D eigenvalue weighted by Crippen LogP contribution is 2.17. The van der Waals surface area contributed by atoms with Gasteiger partial charge in [-0.1, -0.05) is 264 Å². The molecule has 0 N–H and O–H groups in total. The summed E-state index contributed by atoms with van der Waals surface area (Å²) in [6.45, 7) is 5.23. The lowest BCUT2D eigenvalue weighted by Gasteiger charge is -2.06. The molecule has 0 aliphatic rings. The zero-order valence-electron chi connectivity index (χ0n) is 33.7. The van der Waals surface area contributed by atoms with Gasteiger partial charge in [-0.3, -0.25) is 4.79 Å². The third-order valence-corrected chi connectivity index (χ3v) is 10.7. The maximum absolute atomic E-state index is 12.0. The Bertz CT molecular complexity index is 572. The van der Waals surface area contributed by atoms with Crippen LogP contribution in [-0.2, 0) is 9.53 Å². The van der Waals surface area contributed by atoms with Gasteiger partial charge >= 0.3 is 5.97 Å². The monoisotopic (exact) mass is 677 g/mol. The van der Waals surface area contributed by atoms with E-state index in [-0.39, 0.29) is 5.97 Å². The highest BCUT2D eigenvalue weighted by atomic mass is 16.5. The van der Waals surface area contributed by atoms with Crippen LogP contribution in [0.2, 0.25) is 0 Å². The van der Waals surface area contributed by atoms with Gasteiger partial charge in [0.2, 0.25) is 0 Å². The van der Waals surface area contributed by atoms with Gasteiger partial charge in [0, 0.05) is 6.42 Å². The van der Waals surface area contributed by atoms with Crippen molar-refractivity contribution >= 4 is 5.97 Å². The summed E-state index contributed by atoms with van der Waals surface area (Å²) in [5.74, 6) is 0.0312. The van der Waals surface area contributed by atoms with Crippen molar-refractivity contribution in [2.75, 3.05) is 6.61 Å². The highest BCUT2D eigenvalue weighted by molar-refractivity contribution is 5.69. The van der Waals surface area contributed by atoms with E-state index < -0.39 is 0 Å². The number of carbonyl (C=O) groups is 1. The molecule has 48 heavy (non-hydrogen) atoms. The molecular formula is C46H92O2. The minimum atomic E-state index is 0.0312. The third kappa shape index (κ3) is 43.5. The molecule has 0 aromatic carbocycles. The van der Waals surface area contributed by atoms with E-state index in [9.17, 15) is 4.79 Å². The molecule has 0 saturated heterocycles. The fraction of sp³-hybridized carbons (Fsp3) is 0.978. The summed E-state index contributed by atoms with van der Waals surface area (Å²) in [4.78, 5) is 12.0. The van der Waals surface area contributed by atoms with E-state index in [1.807, 2.05) is 0 Å². The number of esters is 1. The van der Waals surface area contributed by atoms with Crippen LogP contribution in [0.3, 0.4) is 0 Å². The lowest BCUT2D eigenvalue weighted by atomic mass is 10.0. The topological polar surface area (TPSA) is 26.3 Å². The van der Waals surface area contributed by atoms with Crippen molar-refractivity contribution in [1.29, 1.82) is 0 Å². The first-order chi connectivity index (χ1) is 23.8. The van der Waals surface area contributed by atoms with Gasteiger partial charge in [0.05, 0.1) is 6.61 Å². The molecule has 0 spiro atoms. The Morgan fingerprint density at radius 3 is 0.688 bits per heavy atom. The molecule has 0 aliphatic heterocycles. The van der Waals surface area contributed by atoms with Crippen LogP contribution in [0.1, 0.15) is 284 Å². The van der Waals surface area contributed by atoms with Crippen molar-refractivity contribution in [3.63, 3.8) is 0 Å². The summed E-state index contributed by atoms with van der Waals surface area (Å²) in [7, 11) is 0. The second-order valence-electron chi connectivity index (χ2n) is 15.8. The lowest BCUT2D eigenvalue weighted by Crippen LogP contribution is -2.05. The predicted molar refractivity (Wildman–Crippen MR) is 216 cm³/mol. The average Bonchev–Trinajstić information content (AvgIpc) is 3.09. The number of unbranched alkanes of at least 4 members (excludes halogenated alkanes) is 39. The molecule has 0 radical (unpaired) electrons. The average molecular weight is 677 g/mol. The summed E-state index contributed by atoms with van der Waals surface area (Å²) in [6.07, 6.45) is 58.0. The third-order valence-electron chi connectivity index (χ3n) is 10.7.